The molecular weight excluding hydrogens is 232 g/mol. The lowest BCUT2D eigenvalue weighted by Gasteiger charge is -2.12. The maximum atomic E-state index is 11.8. The maximum Gasteiger partial charge on any atom is 0.250 e. The molecule has 94 valence electrons. The molecule has 0 aliphatic heterocycles. The van der Waals surface area contributed by atoms with Gasteiger partial charge in [-0.2, -0.15) is 0 Å². The van der Waals surface area contributed by atoms with Gasteiger partial charge in [-0.1, -0.05) is 6.07 Å². The van der Waals surface area contributed by atoms with Crippen molar-refractivity contribution in [3.05, 3.63) is 58.9 Å². The Labute approximate surface area is 104 Å². The van der Waals surface area contributed by atoms with E-state index in [-0.39, 0.29) is 24.1 Å². The highest BCUT2D eigenvalue weighted by atomic mass is 16.3. The molecule has 18 heavy (non-hydrogen) atoms. The highest BCUT2D eigenvalue weighted by molar-refractivity contribution is 5.76. The minimum absolute atomic E-state index is 0.00468. The minimum atomic E-state index is -0.229. The van der Waals surface area contributed by atoms with Crippen LogP contribution in [-0.4, -0.2) is 10.5 Å². The summed E-state index contributed by atoms with van der Waals surface area (Å²) < 4.78 is 6.54. The summed E-state index contributed by atoms with van der Waals surface area (Å²) in [5.41, 5.74) is -0.196. The van der Waals surface area contributed by atoms with E-state index in [2.05, 4.69) is 5.32 Å². The molecule has 0 bridgehead atoms. The topological polar surface area (TPSA) is 64.2 Å². The van der Waals surface area contributed by atoms with Crippen LogP contribution in [-0.2, 0) is 11.3 Å². The Balaban J connectivity index is 1.97. The summed E-state index contributed by atoms with van der Waals surface area (Å²) in [5.74, 6) is 0.455. The van der Waals surface area contributed by atoms with Crippen molar-refractivity contribution >= 4 is 5.91 Å². The second kappa shape index (κ2) is 5.35. The molecule has 0 aliphatic rings. The monoisotopic (exact) mass is 246 g/mol. The number of pyridine rings is 1. The van der Waals surface area contributed by atoms with Gasteiger partial charge in [-0.15, -0.1) is 0 Å². The first-order valence-electron chi connectivity index (χ1n) is 5.65. The second-order valence-electron chi connectivity index (χ2n) is 3.97. The van der Waals surface area contributed by atoms with Gasteiger partial charge < -0.3 is 14.3 Å². The van der Waals surface area contributed by atoms with Crippen molar-refractivity contribution in [2.45, 2.75) is 19.5 Å². The SMILES string of the molecule is C[C@@H](NC(=O)Cn1ccccc1=O)c1ccco1. The summed E-state index contributed by atoms with van der Waals surface area (Å²) in [4.78, 5) is 23.2. The third-order valence-corrected chi connectivity index (χ3v) is 2.56. The van der Waals surface area contributed by atoms with Crippen molar-refractivity contribution in [2.75, 3.05) is 0 Å². The molecule has 2 heterocycles. The summed E-state index contributed by atoms with van der Waals surface area (Å²) in [6, 6.07) is 8.11. The first kappa shape index (κ1) is 12.2. The van der Waals surface area contributed by atoms with Gasteiger partial charge in [-0.3, -0.25) is 9.59 Å². The quantitative estimate of drug-likeness (QED) is 0.884. The predicted octanol–water partition coefficient (Wildman–Crippen LogP) is 1.32. The van der Waals surface area contributed by atoms with E-state index in [0.29, 0.717) is 5.76 Å². The van der Waals surface area contributed by atoms with E-state index in [1.807, 2.05) is 6.92 Å². The number of nitrogens with zero attached hydrogens (tertiary/aromatic N) is 1. The number of furan rings is 1. The molecule has 2 rings (SSSR count). The van der Waals surface area contributed by atoms with Crippen LogP contribution < -0.4 is 10.9 Å². The van der Waals surface area contributed by atoms with Gasteiger partial charge in [-0.05, 0) is 25.1 Å². The highest BCUT2D eigenvalue weighted by Gasteiger charge is 2.12. The molecule has 0 aliphatic carbocycles. The van der Waals surface area contributed by atoms with Gasteiger partial charge in [-0.25, -0.2) is 0 Å². The van der Waals surface area contributed by atoms with Crippen LogP contribution in [0.5, 0.6) is 0 Å². The zero-order valence-electron chi connectivity index (χ0n) is 10.00. The summed E-state index contributed by atoms with van der Waals surface area (Å²) in [6.07, 6.45) is 3.14. The number of nitrogens with one attached hydrogen (secondary N) is 1. The van der Waals surface area contributed by atoms with Gasteiger partial charge in [0.15, 0.2) is 0 Å². The number of hydrogen-bond donors (Lipinski definition) is 1. The van der Waals surface area contributed by atoms with Crippen molar-refractivity contribution in [1.82, 2.24) is 9.88 Å². The summed E-state index contributed by atoms with van der Waals surface area (Å²) in [6.45, 7) is 1.83. The lowest BCUT2D eigenvalue weighted by atomic mass is 10.2. The summed E-state index contributed by atoms with van der Waals surface area (Å²) in [7, 11) is 0. The zero-order valence-corrected chi connectivity index (χ0v) is 10.00. The van der Waals surface area contributed by atoms with Crippen molar-refractivity contribution in [2.24, 2.45) is 0 Å². The minimum Gasteiger partial charge on any atom is -0.467 e. The highest BCUT2D eigenvalue weighted by Crippen LogP contribution is 2.11. The van der Waals surface area contributed by atoms with Gasteiger partial charge in [0.25, 0.3) is 5.56 Å². The van der Waals surface area contributed by atoms with Crippen LogP contribution in [0.15, 0.2) is 52.0 Å². The molecule has 5 heteroatoms. The van der Waals surface area contributed by atoms with E-state index >= 15 is 0 Å². The van der Waals surface area contributed by atoms with E-state index in [1.54, 1.807) is 36.7 Å². The van der Waals surface area contributed by atoms with Gasteiger partial charge >= 0.3 is 0 Å². The van der Waals surface area contributed by atoms with Crippen molar-refractivity contribution in [1.29, 1.82) is 0 Å². The Bertz CT molecular complexity index is 572. The van der Waals surface area contributed by atoms with Gasteiger partial charge in [0.2, 0.25) is 5.91 Å². The molecule has 1 atom stereocenters. The smallest absolute Gasteiger partial charge is 0.250 e. The van der Waals surface area contributed by atoms with Crippen LogP contribution in [0, 0.1) is 0 Å². The molecule has 0 aromatic carbocycles. The lowest BCUT2D eigenvalue weighted by Crippen LogP contribution is -2.33. The molecule has 5 nitrogen and oxygen atoms in total. The average molecular weight is 246 g/mol. The Hall–Kier alpha value is -2.30. The van der Waals surface area contributed by atoms with E-state index in [9.17, 15) is 9.59 Å². The number of hydrogen-bond acceptors (Lipinski definition) is 3. The largest absolute Gasteiger partial charge is 0.467 e. The van der Waals surface area contributed by atoms with Crippen LogP contribution >= 0.6 is 0 Å². The van der Waals surface area contributed by atoms with Crippen molar-refractivity contribution in [3.63, 3.8) is 0 Å². The van der Waals surface area contributed by atoms with E-state index in [4.69, 9.17) is 4.42 Å². The standard InChI is InChI=1S/C13H14N2O3/c1-10(11-5-4-8-18-11)14-12(16)9-15-7-3-2-6-13(15)17/h2-8,10H,9H2,1H3,(H,14,16)/t10-/m1/s1. The number of amides is 1. The van der Waals surface area contributed by atoms with Crippen LogP contribution in [0.2, 0.25) is 0 Å². The molecule has 0 radical (unpaired) electrons. The molecule has 0 saturated heterocycles. The fourth-order valence-corrected chi connectivity index (χ4v) is 1.64. The second-order valence-corrected chi connectivity index (χ2v) is 3.97. The Morgan fingerprint density at radius 2 is 2.22 bits per heavy atom. The van der Waals surface area contributed by atoms with Crippen molar-refractivity contribution < 1.29 is 9.21 Å². The molecule has 0 spiro atoms. The Morgan fingerprint density at radius 1 is 1.39 bits per heavy atom. The fraction of sp³-hybridized carbons (Fsp3) is 0.231. The third kappa shape index (κ3) is 2.88. The van der Waals surface area contributed by atoms with Gasteiger partial charge in [0, 0.05) is 12.3 Å². The first-order valence-corrected chi connectivity index (χ1v) is 5.65. The predicted molar refractivity (Wildman–Crippen MR) is 66.0 cm³/mol. The maximum absolute atomic E-state index is 11.8. The van der Waals surface area contributed by atoms with Crippen LogP contribution in [0.4, 0.5) is 0 Å². The molecule has 1 N–H and O–H groups in total. The Morgan fingerprint density at radius 3 is 2.89 bits per heavy atom. The van der Waals surface area contributed by atoms with Gasteiger partial charge in [0.1, 0.15) is 12.3 Å². The summed E-state index contributed by atoms with van der Waals surface area (Å²) in [5, 5.41) is 2.77. The van der Waals surface area contributed by atoms with E-state index < -0.39 is 0 Å². The van der Waals surface area contributed by atoms with Crippen LogP contribution in [0.3, 0.4) is 0 Å². The molecule has 2 aromatic rings. The average Bonchev–Trinajstić information content (AvgIpc) is 2.85. The van der Waals surface area contributed by atoms with Gasteiger partial charge in [0.05, 0.1) is 12.3 Å². The number of rotatable bonds is 4. The normalized spacial score (nSPS) is 12.1. The number of aromatic nitrogens is 1. The summed E-state index contributed by atoms with van der Waals surface area (Å²) >= 11 is 0. The number of carbonyl (C=O) groups excluding carboxylic acids is 1. The van der Waals surface area contributed by atoms with E-state index in [1.165, 1.54) is 10.6 Å². The Kier molecular flexibility index (Phi) is 3.62. The molecular formula is C13H14N2O3. The fourth-order valence-electron chi connectivity index (χ4n) is 1.64. The molecule has 1 amide bonds. The van der Waals surface area contributed by atoms with E-state index in [0.717, 1.165) is 0 Å². The lowest BCUT2D eigenvalue weighted by molar-refractivity contribution is -0.122. The first-order chi connectivity index (χ1) is 8.66. The molecule has 2 aromatic heterocycles. The molecule has 0 unspecified atom stereocenters. The number of carbonyl (C=O) groups is 1. The van der Waals surface area contributed by atoms with Crippen LogP contribution in [0.25, 0.3) is 0 Å². The zero-order chi connectivity index (χ0) is 13.0. The molecule has 0 saturated carbocycles. The van der Waals surface area contributed by atoms with Crippen molar-refractivity contribution in [3.8, 4) is 0 Å². The molecule has 0 fully saturated rings. The van der Waals surface area contributed by atoms with Crippen LogP contribution in [0.1, 0.15) is 18.7 Å². The third-order valence-electron chi connectivity index (χ3n) is 2.56.